The fourth-order valence-electron chi connectivity index (χ4n) is 4.43. The first-order valence-electron chi connectivity index (χ1n) is 10.8. The molecule has 2 aromatic rings. The molecule has 7 nitrogen and oxygen atoms in total. The first-order valence-corrected chi connectivity index (χ1v) is 12.2. The average Bonchev–Trinajstić information content (AvgIpc) is 2.97. The number of ether oxygens (including phenoxy) is 3. The van der Waals surface area contributed by atoms with Gasteiger partial charge in [0.05, 0.1) is 16.7 Å². The van der Waals surface area contributed by atoms with E-state index < -0.39 is 32.9 Å². The maximum Gasteiger partial charge on any atom is 0.269 e. The molecule has 4 rings (SSSR count). The molecular formula is C24H28FNO6S. The van der Waals surface area contributed by atoms with Crippen LogP contribution in [0.15, 0.2) is 41.3 Å². The number of amides is 1. The Labute approximate surface area is 193 Å². The van der Waals surface area contributed by atoms with Crippen LogP contribution in [0.1, 0.15) is 55.1 Å². The second-order valence-corrected chi connectivity index (χ2v) is 11.1. The van der Waals surface area contributed by atoms with E-state index in [-0.39, 0.29) is 17.1 Å². The number of fused-ring (bicyclic) bond motifs is 1. The van der Waals surface area contributed by atoms with Crippen molar-refractivity contribution in [3.63, 3.8) is 0 Å². The minimum Gasteiger partial charge on any atom is -0.489 e. The molecule has 1 fully saturated rings. The zero-order valence-electron chi connectivity index (χ0n) is 19.2. The molecular weight excluding hydrogens is 449 g/mol. The minimum atomic E-state index is -3.90. The summed E-state index contributed by atoms with van der Waals surface area (Å²) in [6.07, 6.45) is 1.22. The van der Waals surface area contributed by atoms with Crippen LogP contribution in [-0.4, -0.2) is 44.5 Å². The van der Waals surface area contributed by atoms with Crippen LogP contribution < -0.4 is 4.74 Å². The topological polar surface area (TPSA) is 82.1 Å². The highest BCUT2D eigenvalue weighted by Gasteiger charge is 2.46. The second-order valence-electron chi connectivity index (χ2n) is 9.35. The van der Waals surface area contributed by atoms with Crippen molar-refractivity contribution in [2.45, 2.75) is 56.3 Å². The van der Waals surface area contributed by atoms with Crippen molar-refractivity contribution in [2.75, 3.05) is 20.3 Å². The first kappa shape index (κ1) is 23.7. The third kappa shape index (κ3) is 4.25. The molecule has 0 unspecified atom stereocenters. The van der Waals surface area contributed by atoms with Crippen molar-refractivity contribution in [3.05, 3.63) is 58.9 Å². The number of sulfonamides is 1. The van der Waals surface area contributed by atoms with Gasteiger partial charge in [-0.3, -0.25) is 4.79 Å². The molecule has 0 bridgehead atoms. The van der Waals surface area contributed by atoms with E-state index in [4.69, 9.17) is 14.2 Å². The molecule has 0 spiro atoms. The number of hydrogen-bond acceptors (Lipinski definition) is 6. The fourth-order valence-corrected chi connectivity index (χ4v) is 6.33. The van der Waals surface area contributed by atoms with Crippen LogP contribution >= 0.6 is 0 Å². The summed E-state index contributed by atoms with van der Waals surface area (Å²) in [4.78, 5) is 12.8. The van der Waals surface area contributed by atoms with Gasteiger partial charge in [0.2, 0.25) is 0 Å². The molecule has 0 saturated carbocycles. The molecule has 1 saturated heterocycles. The molecule has 33 heavy (non-hydrogen) atoms. The van der Waals surface area contributed by atoms with Gasteiger partial charge in [0.25, 0.3) is 15.9 Å². The Morgan fingerprint density at radius 3 is 2.45 bits per heavy atom. The lowest BCUT2D eigenvalue weighted by molar-refractivity contribution is -0.0950. The van der Waals surface area contributed by atoms with Crippen LogP contribution in [0.2, 0.25) is 0 Å². The van der Waals surface area contributed by atoms with Gasteiger partial charge < -0.3 is 14.2 Å². The first-order chi connectivity index (χ1) is 15.5. The van der Waals surface area contributed by atoms with E-state index in [1.54, 1.807) is 40.0 Å². The summed E-state index contributed by atoms with van der Waals surface area (Å²) in [5, 5.41) is 0. The summed E-state index contributed by atoms with van der Waals surface area (Å²) in [5.41, 5.74) is -0.119. The van der Waals surface area contributed by atoms with Crippen LogP contribution in [0, 0.1) is 5.82 Å². The number of rotatable bonds is 5. The molecule has 0 aromatic heterocycles. The van der Waals surface area contributed by atoms with Gasteiger partial charge in [-0.25, -0.2) is 17.1 Å². The Morgan fingerprint density at radius 2 is 1.82 bits per heavy atom. The van der Waals surface area contributed by atoms with Crippen molar-refractivity contribution in [2.24, 2.45) is 0 Å². The van der Waals surface area contributed by atoms with E-state index in [1.165, 1.54) is 24.3 Å². The zero-order chi connectivity index (χ0) is 24.0. The second kappa shape index (κ2) is 8.38. The Kier molecular flexibility index (Phi) is 6.01. The van der Waals surface area contributed by atoms with Crippen LogP contribution in [-0.2, 0) is 31.7 Å². The molecule has 2 aliphatic rings. The van der Waals surface area contributed by atoms with Gasteiger partial charge in [0, 0.05) is 39.2 Å². The highest BCUT2D eigenvalue weighted by molar-refractivity contribution is 7.90. The normalized spacial score (nSPS) is 19.4. The zero-order valence-corrected chi connectivity index (χ0v) is 20.0. The number of benzene rings is 2. The van der Waals surface area contributed by atoms with Gasteiger partial charge in [-0.1, -0.05) is 6.07 Å². The van der Waals surface area contributed by atoms with Gasteiger partial charge in [-0.05, 0) is 56.2 Å². The predicted octanol–water partition coefficient (Wildman–Crippen LogP) is 4.00. The van der Waals surface area contributed by atoms with Crippen LogP contribution in [0.5, 0.6) is 5.75 Å². The molecule has 0 atom stereocenters. The lowest BCUT2D eigenvalue weighted by Gasteiger charge is -2.36. The molecule has 2 aliphatic heterocycles. The average molecular weight is 478 g/mol. The lowest BCUT2D eigenvalue weighted by Crippen LogP contribution is -2.45. The van der Waals surface area contributed by atoms with Gasteiger partial charge in [-0.2, -0.15) is 0 Å². The molecule has 9 heteroatoms. The van der Waals surface area contributed by atoms with E-state index in [0.29, 0.717) is 42.9 Å². The van der Waals surface area contributed by atoms with E-state index in [0.717, 1.165) is 4.31 Å². The summed E-state index contributed by atoms with van der Waals surface area (Å²) in [7, 11) is -2.30. The van der Waals surface area contributed by atoms with Crippen molar-refractivity contribution in [1.82, 2.24) is 4.31 Å². The van der Waals surface area contributed by atoms with Crippen LogP contribution in [0.25, 0.3) is 0 Å². The SMILES string of the molecule is COC1(c2cc(F)cc(OCc3ccc4c(c3)C(=O)N(C(C)(C)C)S4(=O)=O)c2)CCOCC1. The summed E-state index contributed by atoms with van der Waals surface area (Å²) in [5.74, 6) is -0.681. The van der Waals surface area contributed by atoms with Crippen molar-refractivity contribution >= 4 is 15.9 Å². The fraction of sp³-hybridized carbons (Fsp3) is 0.458. The predicted molar refractivity (Wildman–Crippen MR) is 119 cm³/mol. The van der Waals surface area contributed by atoms with Crippen molar-refractivity contribution in [1.29, 1.82) is 0 Å². The summed E-state index contributed by atoms with van der Waals surface area (Å²) in [6.45, 7) is 6.11. The molecule has 2 heterocycles. The molecule has 1 amide bonds. The maximum atomic E-state index is 14.4. The summed E-state index contributed by atoms with van der Waals surface area (Å²) in [6, 6.07) is 9.04. The van der Waals surface area contributed by atoms with E-state index >= 15 is 0 Å². The monoisotopic (exact) mass is 477 g/mol. The minimum absolute atomic E-state index is 0.0132. The highest BCUT2D eigenvalue weighted by Crippen LogP contribution is 2.38. The molecule has 2 aromatic carbocycles. The molecule has 0 aliphatic carbocycles. The quantitative estimate of drug-likeness (QED) is 0.648. The van der Waals surface area contributed by atoms with Crippen molar-refractivity contribution in [3.8, 4) is 5.75 Å². The van der Waals surface area contributed by atoms with Gasteiger partial charge in [0.1, 0.15) is 23.1 Å². The molecule has 0 radical (unpaired) electrons. The van der Waals surface area contributed by atoms with E-state index in [1.807, 2.05) is 0 Å². The number of methoxy groups -OCH3 is 1. The van der Waals surface area contributed by atoms with Gasteiger partial charge in [0.15, 0.2) is 0 Å². The number of carbonyl (C=O) groups excluding carboxylic acids is 1. The maximum absolute atomic E-state index is 14.4. The molecule has 0 N–H and O–H groups in total. The summed E-state index contributed by atoms with van der Waals surface area (Å²) >= 11 is 0. The van der Waals surface area contributed by atoms with Crippen LogP contribution in [0.4, 0.5) is 4.39 Å². The largest absolute Gasteiger partial charge is 0.489 e. The Hall–Kier alpha value is -2.49. The Morgan fingerprint density at radius 1 is 1.12 bits per heavy atom. The van der Waals surface area contributed by atoms with Crippen molar-refractivity contribution < 1.29 is 31.8 Å². The third-order valence-electron chi connectivity index (χ3n) is 6.08. The number of halogens is 1. The molecule has 178 valence electrons. The number of hydrogen-bond donors (Lipinski definition) is 0. The van der Waals surface area contributed by atoms with E-state index in [9.17, 15) is 17.6 Å². The summed E-state index contributed by atoms with van der Waals surface area (Å²) < 4.78 is 58.0. The lowest BCUT2D eigenvalue weighted by atomic mass is 9.86. The third-order valence-corrected chi connectivity index (χ3v) is 8.19. The Balaban J connectivity index is 1.58. The number of nitrogens with zero attached hydrogens (tertiary/aromatic N) is 1. The smallest absolute Gasteiger partial charge is 0.269 e. The number of carbonyl (C=O) groups is 1. The Bertz CT molecular complexity index is 1180. The van der Waals surface area contributed by atoms with Gasteiger partial charge in [-0.15, -0.1) is 0 Å². The highest BCUT2D eigenvalue weighted by atomic mass is 32.2. The van der Waals surface area contributed by atoms with Crippen LogP contribution in [0.3, 0.4) is 0 Å². The van der Waals surface area contributed by atoms with E-state index in [2.05, 4.69) is 0 Å². The standard InChI is InChI=1S/C24H28FNO6S/c1-23(2,3)26-22(27)20-11-16(5-6-21(20)33(26,28)29)15-32-19-13-17(12-18(25)14-19)24(30-4)7-9-31-10-8-24/h5-6,11-14H,7-10,15H2,1-4H3. The van der Waals surface area contributed by atoms with Gasteiger partial charge >= 0.3 is 0 Å².